The second-order valence-corrected chi connectivity index (χ2v) is 5.46. The van der Waals surface area contributed by atoms with Gasteiger partial charge in [-0.05, 0) is 12.8 Å². The van der Waals surface area contributed by atoms with Gasteiger partial charge in [0.15, 0.2) is 16.3 Å². The standard InChI is InChI=1S/C12H16ClN5O/c1-7(2)11-14-10(13)9-12(15-11)18(17-16-9)6-8-4-3-5-19-8/h7-8H,3-6H2,1-2H3. The first-order chi connectivity index (χ1) is 9.15. The summed E-state index contributed by atoms with van der Waals surface area (Å²) in [5.74, 6) is 0.932. The average Bonchev–Trinajstić information content (AvgIpc) is 3.00. The van der Waals surface area contributed by atoms with E-state index in [1.165, 1.54) is 0 Å². The Morgan fingerprint density at radius 1 is 1.42 bits per heavy atom. The van der Waals surface area contributed by atoms with Crippen LogP contribution in [0, 0.1) is 0 Å². The Balaban J connectivity index is 2.00. The van der Waals surface area contributed by atoms with Gasteiger partial charge in [-0.25, -0.2) is 14.6 Å². The third-order valence-electron chi connectivity index (χ3n) is 3.25. The third kappa shape index (κ3) is 2.42. The number of aromatic nitrogens is 5. The number of nitrogens with zero attached hydrogens (tertiary/aromatic N) is 5. The lowest BCUT2D eigenvalue weighted by atomic mass is 10.2. The van der Waals surface area contributed by atoms with E-state index in [9.17, 15) is 0 Å². The highest BCUT2D eigenvalue weighted by atomic mass is 35.5. The summed E-state index contributed by atoms with van der Waals surface area (Å²) >= 11 is 6.14. The van der Waals surface area contributed by atoms with E-state index in [0.29, 0.717) is 28.7 Å². The molecule has 2 aromatic heterocycles. The molecule has 3 rings (SSSR count). The van der Waals surface area contributed by atoms with Crippen LogP contribution in [0.5, 0.6) is 0 Å². The third-order valence-corrected chi connectivity index (χ3v) is 3.52. The van der Waals surface area contributed by atoms with Crippen molar-refractivity contribution in [1.82, 2.24) is 25.0 Å². The van der Waals surface area contributed by atoms with Crippen LogP contribution in [0.3, 0.4) is 0 Å². The molecule has 6 nitrogen and oxygen atoms in total. The monoisotopic (exact) mass is 281 g/mol. The lowest BCUT2D eigenvalue weighted by Crippen LogP contribution is -2.16. The SMILES string of the molecule is CC(C)c1nc(Cl)c2nnn(CC3CCCO3)c2n1. The molecular formula is C12H16ClN5O. The molecule has 1 unspecified atom stereocenters. The van der Waals surface area contributed by atoms with E-state index in [1.807, 2.05) is 13.8 Å². The molecule has 3 heterocycles. The predicted molar refractivity (Wildman–Crippen MR) is 71.2 cm³/mol. The van der Waals surface area contributed by atoms with Crippen LogP contribution in [-0.4, -0.2) is 37.7 Å². The van der Waals surface area contributed by atoms with Crippen molar-refractivity contribution in [3.05, 3.63) is 11.0 Å². The minimum Gasteiger partial charge on any atom is -0.376 e. The van der Waals surface area contributed by atoms with Gasteiger partial charge >= 0.3 is 0 Å². The molecule has 1 atom stereocenters. The molecule has 0 amide bonds. The molecule has 1 aliphatic rings. The summed E-state index contributed by atoms with van der Waals surface area (Å²) in [6.45, 7) is 5.56. The van der Waals surface area contributed by atoms with Crippen LogP contribution in [0.4, 0.5) is 0 Å². The average molecular weight is 282 g/mol. The van der Waals surface area contributed by atoms with Crippen LogP contribution in [-0.2, 0) is 11.3 Å². The molecule has 0 aliphatic carbocycles. The fraction of sp³-hybridized carbons (Fsp3) is 0.667. The summed E-state index contributed by atoms with van der Waals surface area (Å²) in [7, 11) is 0. The van der Waals surface area contributed by atoms with Gasteiger partial charge in [-0.2, -0.15) is 0 Å². The summed E-state index contributed by atoms with van der Waals surface area (Å²) in [6, 6.07) is 0. The molecule has 102 valence electrons. The van der Waals surface area contributed by atoms with Crippen molar-refractivity contribution in [2.24, 2.45) is 0 Å². The van der Waals surface area contributed by atoms with Crippen molar-refractivity contribution in [1.29, 1.82) is 0 Å². The van der Waals surface area contributed by atoms with Crippen molar-refractivity contribution in [3.8, 4) is 0 Å². The molecule has 0 saturated carbocycles. The molecule has 2 aromatic rings. The Bertz CT molecular complexity index is 591. The molecule has 0 radical (unpaired) electrons. The lowest BCUT2D eigenvalue weighted by Gasteiger charge is -2.09. The predicted octanol–water partition coefficient (Wildman–Crippen LogP) is 2.18. The minimum atomic E-state index is 0.196. The maximum Gasteiger partial charge on any atom is 0.183 e. The Labute approximate surface area is 116 Å². The van der Waals surface area contributed by atoms with E-state index < -0.39 is 0 Å². The molecule has 0 aromatic carbocycles. The molecule has 0 N–H and O–H groups in total. The van der Waals surface area contributed by atoms with E-state index in [2.05, 4.69) is 20.3 Å². The Hall–Kier alpha value is -1.27. The normalized spacial score (nSPS) is 19.7. The van der Waals surface area contributed by atoms with Gasteiger partial charge in [-0.15, -0.1) is 5.10 Å². The first-order valence-electron chi connectivity index (χ1n) is 6.53. The van der Waals surface area contributed by atoms with Gasteiger partial charge in [-0.1, -0.05) is 30.7 Å². The fourth-order valence-corrected chi connectivity index (χ4v) is 2.41. The van der Waals surface area contributed by atoms with Gasteiger partial charge in [0.25, 0.3) is 0 Å². The largest absolute Gasteiger partial charge is 0.376 e. The van der Waals surface area contributed by atoms with Gasteiger partial charge in [0.05, 0.1) is 12.6 Å². The van der Waals surface area contributed by atoms with Crippen molar-refractivity contribution >= 4 is 22.8 Å². The lowest BCUT2D eigenvalue weighted by molar-refractivity contribution is 0.0944. The van der Waals surface area contributed by atoms with Crippen LogP contribution < -0.4 is 0 Å². The zero-order valence-corrected chi connectivity index (χ0v) is 11.8. The van der Waals surface area contributed by atoms with Gasteiger partial charge in [-0.3, -0.25) is 0 Å². The molecule has 0 spiro atoms. The number of ether oxygens (including phenoxy) is 1. The van der Waals surface area contributed by atoms with E-state index in [0.717, 1.165) is 19.4 Å². The van der Waals surface area contributed by atoms with Crippen LogP contribution in [0.15, 0.2) is 0 Å². The highest BCUT2D eigenvalue weighted by Gasteiger charge is 2.20. The van der Waals surface area contributed by atoms with E-state index in [1.54, 1.807) is 4.68 Å². The van der Waals surface area contributed by atoms with Crippen molar-refractivity contribution in [2.75, 3.05) is 6.61 Å². The van der Waals surface area contributed by atoms with E-state index >= 15 is 0 Å². The first kappa shape index (κ1) is 12.7. The van der Waals surface area contributed by atoms with Gasteiger partial charge < -0.3 is 4.74 Å². The second-order valence-electron chi connectivity index (χ2n) is 5.11. The minimum absolute atomic E-state index is 0.196. The Morgan fingerprint density at radius 3 is 2.95 bits per heavy atom. The molecule has 1 fully saturated rings. The highest BCUT2D eigenvalue weighted by molar-refractivity contribution is 6.33. The Morgan fingerprint density at radius 2 is 2.26 bits per heavy atom. The van der Waals surface area contributed by atoms with Crippen LogP contribution in [0.2, 0.25) is 5.15 Å². The molecule has 1 saturated heterocycles. The summed E-state index contributed by atoms with van der Waals surface area (Å²) in [5, 5.41) is 8.55. The Kier molecular flexibility index (Phi) is 3.36. The van der Waals surface area contributed by atoms with E-state index in [4.69, 9.17) is 16.3 Å². The summed E-state index contributed by atoms with van der Waals surface area (Å²) < 4.78 is 7.39. The zero-order chi connectivity index (χ0) is 13.4. The van der Waals surface area contributed by atoms with E-state index in [-0.39, 0.29) is 12.0 Å². The summed E-state index contributed by atoms with van der Waals surface area (Å²) in [5.41, 5.74) is 1.25. The number of rotatable bonds is 3. The maximum atomic E-state index is 6.14. The van der Waals surface area contributed by atoms with Crippen molar-refractivity contribution in [3.63, 3.8) is 0 Å². The molecule has 0 bridgehead atoms. The molecule has 1 aliphatic heterocycles. The van der Waals surface area contributed by atoms with Crippen LogP contribution in [0.25, 0.3) is 11.2 Å². The zero-order valence-electron chi connectivity index (χ0n) is 11.0. The fourth-order valence-electron chi connectivity index (χ4n) is 2.20. The maximum absolute atomic E-state index is 6.14. The number of hydrogen-bond donors (Lipinski definition) is 0. The van der Waals surface area contributed by atoms with Crippen LogP contribution in [0.1, 0.15) is 38.4 Å². The molecule has 19 heavy (non-hydrogen) atoms. The van der Waals surface area contributed by atoms with Gasteiger partial charge in [0.2, 0.25) is 0 Å². The quantitative estimate of drug-likeness (QED) is 0.807. The van der Waals surface area contributed by atoms with Crippen LogP contribution >= 0.6 is 11.6 Å². The number of fused-ring (bicyclic) bond motifs is 1. The second kappa shape index (κ2) is 5.02. The highest BCUT2D eigenvalue weighted by Crippen LogP contribution is 2.22. The first-order valence-corrected chi connectivity index (χ1v) is 6.91. The number of halogens is 1. The van der Waals surface area contributed by atoms with Crippen molar-refractivity contribution < 1.29 is 4.74 Å². The van der Waals surface area contributed by atoms with Gasteiger partial charge in [0, 0.05) is 12.5 Å². The van der Waals surface area contributed by atoms with Crippen molar-refractivity contribution in [2.45, 2.75) is 45.3 Å². The smallest absolute Gasteiger partial charge is 0.183 e. The molecule has 7 heteroatoms. The molecular weight excluding hydrogens is 266 g/mol. The van der Waals surface area contributed by atoms with Gasteiger partial charge in [0.1, 0.15) is 5.82 Å². The topological polar surface area (TPSA) is 65.7 Å². The number of hydrogen-bond acceptors (Lipinski definition) is 5. The summed E-state index contributed by atoms with van der Waals surface area (Å²) in [6.07, 6.45) is 2.35. The summed E-state index contributed by atoms with van der Waals surface area (Å²) in [4.78, 5) is 8.78.